The maximum absolute atomic E-state index is 13.0. The van der Waals surface area contributed by atoms with Gasteiger partial charge in [0.2, 0.25) is 0 Å². The summed E-state index contributed by atoms with van der Waals surface area (Å²) in [7, 11) is 0. The number of aryl methyl sites for hydroxylation is 1. The first-order valence-electron chi connectivity index (χ1n) is 5.71. The van der Waals surface area contributed by atoms with Gasteiger partial charge in [-0.1, -0.05) is 63.4 Å². The second kappa shape index (κ2) is 5.85. The van der Waals surface area contributed by atoms with Crippen LogP contribution in [-0.4, -0.2) is 0 Å². The summed E-state index contributed by atoms with van der Waals surface area (Å²) < 4.78 is 13.0. The second-order valence-electron chi connectivity index (χ2n) is 4.33. The van der Waals surface area contributed by atoms with E-state index < -0.39 is 0 Å². The first kappa shape index (κ1) is 13.6. The minimum Gasteiger partial charge on any atom is -0.207 e. The van der Waals surface area contributed by atoms with E-state index in [1.165, 1.54) is 23.3 Å². The Morgan fingerprint density at radius 2 is 2.00 bits per heavy atom. The molecule has 0 aliphatic rings. The molecular formula is C15H13BrClF. The van der Waals surface area contributed by atoms with Gasteiger partial charge in [0.15, 0.2) is 0 Å². The molecule has 0 N–H and O–H groups in total. The van der Waals surface area contributed by atoms with Crippen LogP contribution in [0.5, 0.6) is 0 Å². The normalized spacial score (nSPS) is 12.4. The Labute approximate surface area is 120 Å². The Morgan fingerprint density at radius 3 is 2.67 bits per heavy atom. The van der Waals surface area contributed by atoms with Crippen molar-refractivity contribution in [3.63, 3.8) is 0 Å². The summed E-state index contributed by atoms with van der Waals surface area (Å²) in [6, 6.07) is 12.8. The average molecular weight is 328 g/mol. The molecule has 0 fully saturated rings. The highest BCUT2D eigenvalue weighted by molar-refractivity contribution is 9.09. The Morgan fingerprint density at radius 1 is 1.22 bits per heavy atom. The molecule has 1 unspecified atom stereocenters. The first-order chi connectivity index (χ1) is 8.56. The van der Waals surface area contributed by atoms with Crippen LogP contribution in [0, 0.1) is 12.7 Å². The molecule has 18 heavy (non-hydrogen) atoms. The highest BCUT2D eigenvalue weighted by Crippen LogP contribution is 2.32. The predicted octanol–water partition coefficient (Wildman–Crippen LogP) is 5.47. The zero-order valence-corrected chi connectivity index (χ0v) is 12.3. The fourth-order valence-electron chi connectivity index (χ4n) is 1.91. The molecule has 94 valence electrons. The molecule has 1 atom stereocenters. The van der Waals surface area contributed by atoms with Crippen LogP contribution in [0.25, 0.3) is 0 Å². The molecule has 0 aliphatic heterocycles. The van der Waals surface area contributed by atoms with Gasteiger partial charge < -0.3 is 0 Å². The summed E-state index contributed by atoms with van der Waals surface area (Å²) in [6.45, 7) is 2.07. The standard InChI is InChI=1S/C15H13BrClF/c1-10-3-2-4-11(7-10)8-14(16)13-6-5-12(18)9-15(13)17/h2-7,9,14H,8H2,1H3. The summed E-state index contributed by atoms with van der Waals surface area (Å²) in [6.07, 6.45) is 0.826. The van der Waals surface area contributed by atoms with Gasteiger partial charge in [0.25, 0.3) is 0 Å². The van der Waals surface area contributed by atoms with E-state index in [4.69, 9.17) is 11.6 Å². The Bertz CT molecular complexity index is 554. The first-order valence-corrected chi connectivity index (χ1v) is 7.00. The Kier molecular flexibility index (Phi) is 4.41. The molecule has 0 aromatic heterocycles. The molecule has 0 spiro atoms. The van der Waals surface area contributed by atoms with Gasteiger partial charge in [0.05, 0.1) is 0 Å². The van der Waals surface area contributed by atoms with Gasteiger partial charge in [0, 0.05) is 9.85 Å². The van der Waals surface area contributed by atoms with Crippen molar-refractivity contribution in [3.8, 4) is 0 Å². The predicted molar refractivity (Wildman–Crippen MR) is 78.0 cm³/mol. The topological polar surface area (TPSA) is 0 Å². The lowest BCUT2D eigenvalue weighted by molar-refractivity contribution is 0.627. The summed E-state index contributed by atoms with van der Waals surface area (Å²) in [4.78, 5) is 0.0902. The molecule has 2 aromatic carbocycles. The third-order valence-electron chi connectivity index (χ3n) is 2.80. The lowest BCUT2D eigenvalue weighted by atomic mass is 10.0. The van der Waals surface area contributed by atoms with Crippen molar-refractivity contribution in [1.29, 1.82) is 0 Å². The molecule has 0 bridgehead atoms. The third kappa shape index (κ3) is 3.33. The average Bonchev–Trinajstić information content (AvgIpc) is 2.28. The van der Waals surface area contributed by atoms with Gasteiger partial charge in [0.1, 0.15) is 5.82 Å². The van der Waals surface area contributed by atoms with Gasteiger partial charge in [-0.2, -0.15) is 0 Å². The quantitative estimate of drug-likeness (QED) is 0.656. The summed E-state index contributed by atoms with van der Waals surface area (Å²) in [5, 5.41) is 0.463. The van der Waals surface area contributed by atoms with Gasteiger partial charge in [-0.3, -0.25) is 0 Å². The molecule has 0 aliphatic carbocycles. The molecule has 0 saturated carbocycles. The van der Waals surface area contributed by atoms with E-state index in [0.29, 0.717) is 5.02 Å². The SMILES string of the molecule is Cc1cccc(CC(Br)c2ccc(F)cc2Cl)c1. The fourth-order valence-corrected chi connectivity index (χ4v) is 3.12. The van der Waals surface area contributed by atoms with Gasteiger partial charge in [-0.25, -0.2) is 4.39 Å². The van der Waals surface area contributed by atoms with E-state index >= 15 is 0 Å². The molecular weight excluding hydrogens is 315 g/mol. The number of alkyl halides is 1. The van der Waals surface area contributed by atoms with Gasteiger partial charge in [-0.05, 0) is 36.6 Å². The lowest BCUT2D eigenvalue weighted by Gasteiger charge is -2.12. The second-order valence-corrected chi connectivity index (χ2v) is 5.84. The van der Waals surface area contributed by atoms with Crippen molar-refractivity contribution in [1.82, 2.24) is 0 Å². The molecule has 0 saturated heterocycles. The van der Waals surface area contributed by atoms with E-state index in [0.717, 1.165) is 12.0 Å². The number of hydrogen-bond donors (Lipinski definition) is 0. The van der Waals surface area contributed by atoms with E-state index in [2.05, 4.69) is 41.1 Å². The van der Waals surface area contributed by atoms with Crippen LogP contribution in [0.3, 0.4) is 0 Å². The monoisotopic (exact) mass is 326 g/mol. The van der Waals surface area contributed by atoms with Crippen LogP contribution in [0.4, 0.5) is 4.39 Å². The third-order valence-corrected chi connectivity index (χ3v) is 3.94. The molecule has 3 heteroatoms. The van der Waals surface area contributed by atoms with E-state index in [9.17, 15) is 4.39 Å². The van der Waals surface area contributed by atoms with Gasteiger partial charge >= 0.3 is 0 Å². The number of benzene rings is 2. The zero-order chi connectivity index (χ0) is 13.1. The van der Waals surface area contributed by atoms with Gasteiger partial charge in [-0.15, -0.1) is 0 Å². The van der Waals surface area contributed by atoms with Crippen LogP contribution >= 0.6 is 27.5 Å². The van der Waals surface area contributed by atoms with Crippen LogP contribution in [-0.2, 0) is 6.42 Å². The number of halogens is 3. The van der Waals surface area contributed by atoms with Crippen LogP contribution in [0.15, 0.2) is 42.5 Å². The van der Waals surface area contributed by atoms with Crippen molar-refractivity contribution in [2.45, 2.75) is 18.2 Å². The van der Waals surface area contributed by atoms with E-state index in [1.807, 2.05) is 6.07 Å². The molecule has 0 radical (unpaired) electrons. The van der Waals surface area contributed by atoms with E-state index in [1.54, 1.807) is 6.07 Å². The van der Waals surface area contributed by atoms with Crippen LogP contribution < -0.4 is 0 Å². The van der Waals surface area contributed by atoms with Crippen LogP contribution in [0.1, 0.15) is 21.5 Å². The highest BCUT2D eigenvalue weighted by Gasteiger charge is 2.12. The van der Waals surface area contributed by atoms with Crippen LogP contribution in [0.2, 0.25) is 5.02 Å². The van der Waals surface area contributed by atoms with Crippen molar-refractivity contribution < 1.29 is 4.39 Å². The van der Waals surface area contributed by atoms with Crippen molar-refractivity contribution >= 4 is 27.5 Å². The Hall–Kier alpha value is -0.860. The molecule has 2 rings (SSSR count). The highest BCUT2D eigenvalue weighted by atomic mass is 79.9. The summed E-state index contributed by atoms with van der Waals surface area (Å²) in [5.41, 5.74) is 3.38. The lowest BCUT2D eigenvalue weighted by Crippen LogP contribution is -1.97. The maximum atomic E-state index is 13.0. The minimum atomic E-state index is -0.306. The fraction of sp³-hybridized carbons (Fsp3) is 0.200. The largest absolute Gasteiger partial charge is 0.207 e. The molecule has 2 aromatic rings. The number of rotatable bonds is 3. The van der Waals surface area contributed by atoms with Crippen molar-refractivity contribution in [2.75, 3.05) is 0 Å². The molecule has 0 nitrogen and oxygen atoms in total. The summed E-state index contributed by atoms with van der Waals surface area (Å²) in [5.74, 6) is -0.306. The molecule has 0 amide bonds. The maximum Gasteiger partial charge on any atom is 0.124 e. The zero-order valence-electron chi connectivity index (χ0n) is 9.96. The smallest absolute Gasteiger partial charge is 0.124 e. The number of hydrogen-bond acceptors (Lipinski definition) is 0. The van der Waals surface area contributed by atoms with Crippen molar-refractivity contribution in [2.24, 2.45) is 0 Å². The molecule has 0 heterocycles. The Balaban J connectivity index is 2.19. The minimum absolute atomic E-state index is 0.0902. The van der Waals surface area contributed by atoms with Crippen molar-refractivity contribution in [3.05, 3.63) is 70.0 Å². The summed E-state index contributed by atoms with van der Waals surface area (Å²) >= 11 is 9.67. The van der Waals surface area contributed by atoms with E-state index in [-0.39, 0.29) is 10.6 Å².